The van der Waals surface area contributed by atoms with E-state index in [9.17, 15) is 9.50 Å². The summed E-state index contributed by atoms with van der Waals surface area (Å²) >= 11 is 0. The van der Waals surface area contributed by atoms with Gasteiger partial charge in [0.1, 0.15) is 11.6 Å². The molecule has 1 fully saturated rings. The third-order valence-electron chi connectivity index (χ3n) is 3.21. The van der Waals surface area contributed by atoms with Crippen LogP contribution in [-0.2, 0) is 11.3 Å². The van der Waals surface area contributed by atoms with E-state index in [2.05, 4.69) is 4.90 Å². The molecule has 1 aliphatic rings. The molecule has 0 aromatic heterocycles. The highest BCUT2D eigenvalue weighted by atomic mass is 19.1. The number of aromatic hydroxyl groups is 1. The van der Waals surface area contributed by atoms with Crippen LogP contribution >= 0.6 is 0 Å². The summed E-state index contributed by atoms with van der Waals surface area (Å²) in [4.78, 5) is 2.22. The largest absolute Gasteiger partial charge is 0.508 e. The molecule has 1 aliphatic heterocycles. The van der Waals surface area contributed by atoms with Crippen molar-refractivity contribution in [1.29, 1.82) is 0 Å². The molecule has 4 heteroatoms. The fourth-order valence-electron chi connectivity index (χ4n) is 2.35. The van der Waals surface area contributed by atoms with Crippen LogP contribution in [0.25, 0.3) is 0 Å². The smallest absolute Gasteiger partial charge is 0.123 e. The average Bonchev–Trinajstić information content (AvgIpc) is 2.72. The molecule has 2 rings (SSSR count). The lowest BCUT2D eigenvalue weighted by atomic mass is 10.1. The van der Waals surface area contributed by atoms with E-state index in [-0.39, 0.29) is 11.6 Å². The number of benzene rings is 1. The Morgan fingerprint density at radius 2 is 2.35 bits per heavy atom. The summed E-state index contributed by atoms with van der Waals surface area (Å²) in [5.74, 6) is 0.419. The molecule has 0 bridgehead atoms. The highest BCUT2D eigenvalue weighted by Crippen LogP contribution is 2.23. The first-order chi connectivity index (χ1) is 8.19. The lowest BCUT2D eigenvalue weighted by molar-refractivity contribution is 0.152. The predicted octanol–water partition coefficient (Wildman–Crippen LogP) is 2.00. The molecule has 1 unspecified atom stereocenters. The molecule has 0 aliphatic carbocycles. The molecule has 1 saturated heterocycles. The van der Waals surface area contributed by atoms with Crippen LogP contribution in [0.2, 0.25) is 0 Å². The van der Waals surface area contributed by atoms with Gasteiger partial charge in [0, 0.05) is 25.8 Å². The number of methoxy groups -OCH3 is 1. The minimum absolute atomic E-state index is 0.168. The topological polar surface area (TPSA) is 32.7 Å². The maximum atomic E-state index is 13.1. The molecule has 17 heavy (non-hydrogen) atoms. The highest BCUT2D eigenvalue weighted by Gasteiger charge is 2.22. The third-order valence-corrected chi connectivity index (χ3v) is 3.21. The van der Waals surface area contributed by atoms with Crippen LogP contribution < -0.4 is 0 Å². The van der Waals surface area contributed by atoms with Crippen LogP contribution in [0.5, 0.6) is 5.75 Å². The SMILES string of the molecule is COCC1CCN(Cc2cc(F)ccc2O)C1. The Morgan fingerprint density at radius 3 is 3.12 bits per heavy atom. The maximum Gasteiger partial charge on any atom is 0.123 e. The molecule has 1 aromatic rings. The molecule has 1 heterocycles. The summed E-state index contributed by atoms with van der Waals surface area (Å²) in [6, 6.07) is 4.09. The molecule has 0 radical (unpaired) electrons. The second-order valence-corrected chi connectivity index (χ2v) is 4.62. The van der Waals surface area contributed by atoms with Crippen molar-refractivity contribution in [1.82, 2.24) is 4.90 Å². The average molecular weight is 239 g/mol. The minimum Gasteiger partial charge on any atom is -0.508 e. The number of ether oxygens (including phenoxy) is 1. The predicted molar refractivity (Wildman–Crippen MR) is 63.3 cm³/mol. The van der Waals surface area contributed by atoms with Crippen LogP contribution in [0.3, 0.4) is 0 Å². The third kappa shape index (κ3) is 3.17. The van der Waals surface area contributed by atoms with E-state index in [1.165, 1.54) is 18.2 Å². The maximum absolute atomic E-state index is 13.1. The Balaban J connectivity index is 1.95. The summed E-state index contributed by atoms with van der Waals surface area (Å²) in [5, 5.41) is 9.65. The molecule has 1 atom stereocenters. The molecular weight excluding hydrogens is 221 g/mol. The van der Waals surface area contributed by atoms with Gasteiger partial charge in [-0.15, -0.1) is 0 Å². The van der Waals surface area contributed by atoms with Gasteiger partial charge in [-0.1, -0.05) is 0 Å². The van der Waals surface area contributed by atoms with E-state index in [4.69, 9.17) is 4.74 Å². The van der Waals surface area contributed by atoms with Crippen LogP contribution in [0.1, 0.15) is 12.0 Å². The molecular formula is C13H18FNO2. The minimum atomic E-state index is -0.301. The van der Waals surface area contributed by atoms with Gasteiger partial charge in [0.05, 0.1) is 6.61 Å². The zero-order valence-corrected chi connectivity index (χ0v) is 10.0. The molecule has 3 nitrogen and oxygen atoms in total. The molecule has 0 amide bonds. The van der Waals surface area contributed by atoms with Crippen molar-refractivity contribution < 1.29 is 14.2 Å². The number of hydrogen-bond acceptors (Lipinski definition) is 3. The number of nitrogens with zero attached hydrogens (tertiary/aromatic N) is 1. The molecule has 1 N–H and O–H groups in total. The zero-order valence-electron chi connectivity index (χ0n) is 10.0. The summed E-state index contributed by atoms with van der Waals surface area (Å²) in [7, 11) is 1.71. The Bertz CT molecular complexity index is 384. The van der Waals surface area contributed by atoms with Gasteiger partial charge in [0.15, 0.2) is 0 Å². The van der Waals surface area contributed by atoms with Gasteiger partial charge >= 0.3 is 0 Å². The Labute approximate surface area is 101 Å². The van der Waals surface area contributed by atoms with Crippen molar-refractivity contribution in [2.24, 2.45) is 5.92 Å². The molecule has 0 saturated carbocycles. The van der Waals surface area contributed by atoms with Gasteiger partial charge in [-0.2, -0.15) is 0 Å². The lowest BCUT2D eigenvalue weighted by Gasteiger charge is -2.16. The Morgan fingerprint density at radius 1 is 1.53 bits per heavy atom. The van der Waals surface area contributed by atoms with Crippen LogP contribution in [0.15, 0.2) is 18.2 Å². The van der Waals surface area contributed by atoms with Crippen molar-refractivity contribution in [2.75, 3.05) is 26.8 Å². The first kappa shape index (κ1) is 12.3. The fraction of sp³-hybridized carbons (Fsp3) is 0.538. The van der Waals surface area contributed by atoms with Crippen molar-refractivity contribution in [3.05, 3.63) is 29.6 Å². The van der Waals surface area contributed by atoms with Crippen molar-refractivity contribution >= 4 is 0 Å². The van der Waals surface area contributed by atoms with Gasteiger partial charge in [-0.25, -0.2) is 4.39 Å². The molecule has 94 valence electrons. The van der Waals surface area contributed by atoms with Crippen molar-refractivity contribution in [3.63, 3.8) is 0 Å². The van der Waals surface area contributed by atoms with Crippen LogP contribution in [-0.4, -0.2) is 36.8 Å². The number of phenolic OH excluding ortho intramolecular Hbond substituents is 1. The number of halogens is 1. The highest BCUT2D eigenvalue weighted by molar-refractivity contribution is 5.32. The first-order valence-electron chi connectivity index (χ1n) is 5.87. The van der Waals surface area contributed by atoms with Crippen LogP contribution in [0, 0.1) is 11.7 Å². The molecule has 1 aromatic carbocycles. The van der Waals surface area contributed by atoms with E-state index in [1.54, 1.807) is 7.11 Å². The number of rotatable bonds is 4. The van der Waals surface area contributed by atoms with E-state index in [0.29, 0.717) is 18.0 Å². The number of likely N-dealkylation sites (tertiary alicyclic amines) is 1. The summed E-state index contributed by atoms with van der Waals surface area (Å²) in [5.41, 5.74) is 0.656. The van der Waals surface area contributed by atoms with E-state index < -0.39 is 0 Å². The normalized spacial score (nSPS) is 20.9. The number of hydrogen-bond donors (Lipinski definition) is 1. The van der Waals surface area contributed by atoms with Crippen molar-refractivity contribution in [2.45, 2.75) is 13.0 Å². The lowest BCUT2D eigenvalue weighted by Crippen LogP contribution is -2.21. The van der Waals surface area contributed by atoms with E-state index >= 15 is 0 Å². The standard InChI is InChI=1S/C13H18FNO2/c1-17-9-10-4-5-15(7-10)8-11-6-12(14)2-3-13(11)16/h2-3,6,10,16H,4-5,7-9H2,1H3. The van der Waals surface area contributed by atoms with Gasteiger partial charge in [0.2, 0.25) is 0 Å². The fourth-order valence-corrected chi connectivity index (χ4v) is 2.35. The summed E-state index contributed by atoms with van der Waals surface area (Å²) in [6.45, 7) is 3.29. The summed E-state index contributed by atoms with van der Waals surface area (Å²) in [6.07, 6.45) is 1.10. The van der Waals surface area contributed by atoms with E-state index in [1.807, 2.05) is 0 Å². The quantitative estimate of drug-likeness (QED) is 0.872. The zero-order chi connectivity index (χ0) is 12.3. The van der Waals surface area contributed by atoms with Gasteiger partial charge < -0.3 is 9.84 Å². The Hall–Kier alpha value is -1.13. The second kappa shape index (κ2) is 5.47. The first-order valence-corrected chi connectivity index (χ1v) is 5.87. The van der Waals surface area contributed by atoms with Gasteiger partial charge in [-0.3, -0.25) is 4.90 Å². The van der Waals surface area contributed by atoms with E-state index in [0.717, 1.165) is 26.1 Å². The van der Waals surface area contributed by atoms with Crippen LogP contribution in [0.4, 0.5) is 4.39 Å². The molecule has 0 spiro atoms. The number of phenols is 1. The van der Waals surface area contributed by atoms with Gasteiger partial charge in [-0.05, 0) is 37.1 Å². The Kier molecular flexibility index (Phi) is 3.97. The monoisotopic (exact) mass is 239 g/mol. The summed E-state index contributed by atoms with van der Waals surface area (Å²) < 4.78 is 18.2. The van der Waals surface area contributed by atoms with Crippen molar-refractivity contribution in [3.8, 4) is 5.75 Å². The second-order valence-electron chi connectivity index (χ2n) is 4.62. The van der Waals surface area contributed by atoms with Gasteiger partial charge in [0.25, 0.3) is 0 Å².